The molecule has 8 nitrogen and oxygen atoms in total. The standard InChI is InChI=1S/C15H17N5O3S/c1-3-11-17-18-14(24-11)20-12(9-19(4-2)15(20)22)23-13(21)10-6-5-7-16-8-10/h5-8,12H,3-4,9H2,1-2H3. The zero-order valence-electron chi connectivity index (χ0n) is 13.4. The van der Waals surface area contributed by atoms with Crippen molar-refractivity contribution >= 4 is 28.5 Å². The number of aromatic nitrogens is 3. The predicted molar refractivity (Wildman–Crippen MR) is 87.8 cm³/mol. The van der Waals surface area contributed by atoms with Crippen LogP contribution in [0.3, 0.4) is 0 Å². The number of nitrogens with zero attached hydrogens (tertiary/aromatic N) is 5. The van der Waals surface area contributed by atoms with Gasteiger partial charge in [-0.05, 0) is 25.5 Å². The summed E-state index contributed by atoms with van der Waals surface area (Å²) in [6.07, 6.45) is 3.01. The van der Waals surface area contributed by atoms with E-state index in [2.05, 4.69) is 15.2 Å². The van der Waals surface area contributed by atoms with Gasteiger partial charge in [0.1, 0.15) is 5.01 Å². The largest absolute Gasteiger partial charge is 0.435 e. The Labute approximate surface area is 143 Å². The summed E-state index contributed by atoms with van der Waals surface area (Å²) in [5.41, 5.74) is 0.339. The summed E-state index contributed by atoms with van der Waals surface area (Å²) < 4.78 is 5.53. The molecule has 1 aliphatic heterocycles. The first kappa shape index (κ1) is 16.3. The molecule has 24 heavy (non-hydrogen) atoms. The third-order valence-electron chi connectivity index (χ3n) is 3.63. The Morgan fingerprint density at radius 3 is 2.88 bits per heavy atom. The molecule has 0 saturated carbocycles. The van der Waals surface area contributed by atoms with E-state index in [4.69, 9.17) is 4.74 Å². The minimum atomic E-state index is -0.734. The normalized spacial score (nSPS) is 17.4. The quantitative estimate of drug-likeness (QED) is 0.768. The molecule has 126 valence electrons. The molecule has 0 bridgehead atoms. The van der Waals surface area contributed by atoms with Gasteiger partial charge in [0.2, 0.25) is 11.4 Å². The maximum atomic E-state index is 12.6. The summed E-state index contributed by atoms with van der Waals surface area (Å²) in [4.78, 5) is 31.7. The molecule has 3 rings (SSSR count). The number of likely N-dealkylation sites (N-methyl/N-ethyl adjacent to an activating group) is 1. The van der Waals surface area contributed by atoms with Gasteiger partial charge in [-0.3, -0.25) is 4.98 Å². The van der Waals surface area contributed by atoms with Gasteiger partial charge < -0.3 is 9.64 Å². The van der Waals surface area contributed by atoms with E-state index in [-0.39, 0.29) is 6.03 Å². The number of aryl methyl sites for hydroxylation is 1. The van der Waals surface area contributed by atoms with Gasteiger partial charge in [0.05, 0.1) is 12.1 Å². The van der Waals surface area contributed by atoms with Gasteiger partial charge in [-0.2, -0.15) is 0 Å². The molecule has 0 spiro atoms. The number of pyridine rings is 1. The highest BCUT2D eigenvalue weighted by molar-refractivity contribution is 7.15. The van der Waals surface area contributed by atoms with E-state index in [9.17, 15) is 9.59 Å². The van der Waals surface area contributed by atoms with Crippen LogP contribution in [0.1, 0.15) is 29.2 Å². The summed E-state index contributed by atoms with van der Waals surface area (Å²) >= 11 is 1.33. The SMILES string of the molecule is CCc1nnc(N2C(=O)N(CC)CC2OC(=O)c2cccnc2)s1. The van der Waals surface area contributed by atoms with Crippen molar-refractivity contribution in [1.29, 1.82) is 0 Å². The molecule has 1 saturated heterocycles. The lowest BCUT2D eigenvalue weighted by atomic mass is 10.3. The van der Waals surface area contributed by atoms with Crippen LogP contribution in [0.4, 0.5) is 9.93 Å². The van der Waals surface area contributed by atoms with E-state index in [0.717, 1.165) is 11.4 Å². The first-order chi connectivity index (χ1) is 11.6. The molecular weight excluding hydrogens is 330 g/mol. The first-order valence-corrected chi connectivity index (χ1v) is 8.47. The minimum Gasteiger partial charge on any atom is -0.435 e. The van der Waals surface area contributed by atoms with Gasteiger partial charge in [0, 0.05) is 18.9 Å². The third-order valence-corrected chi connectivity index (χ3v) is 4.69. The van der Waals surface area contributed by atoms with Crippen molar-refractivity contribution in [2.24, 2.45) is 0 Å². The monoisotopic (exact) mass is 347 g/mol. The average Bonchev–Trinajstić information content (AvgIpc) is 3.19. The van der Waals surface area contributed by atoms with Crippen LogP contribution in [0, 0.1) is 0 Å². The maximum Gasteiger partial charge on any atom is 0.341 e. The lowest BCUT2D eigenvalue weighted by molar-refractivity contribution is 0.0326. The van der Waals surface area contributed by atoms with Gasteiger partial charge >= 0.3 is 12.0 Å². The van der Waals surface area contributed by atoms with Crippen LogP contribution < -0.4 is 4.90 Å². The molecule has 2 aromatic rings. The second kappa shape index (κ2) is 6.91. The van der Waals surface area contributed by atoms with E-state index >= 15 is 0 Å². The Morgan fingerprint density at radius 2 is 2.25 bits per heavy atom. The number of anilines is 1. The smallest absolute Gasteiger partial charge is 0.341 e. The molecule has 2 amide bonds. The second-order valence-corrected chi connectivity index (χ2v) is 6.17. The van der Waals surface area contributed by atoms with Crippen LogP contribution in [0.15, 0.2) is 24.5 Å². The first-order valence-electron chi connectivity index (χ1n) is 7.65. The number of esters is 1. The predicted octanol–water partition coefficient (Wildman–Crippen LogP) is 1.94. The van der Waals surface area contributed by atoms with Gasteiger partial charge in [0.25, 0.3) is 0 Å². The number of rotatable bonds is 5. The summed E-state index contributed by atoms with van der Waals surface area (Å²) in [6.45, 7) is 4.66. The van der Waals surface area contributed by atoms with E-state index < -0.39 is 12.2 Å². The van der Waals surface area contributed by atoms with Gasteiger partial charge in [-0.25, -0.2) is 14.5 Å². The Morgan fingerprint density at radius 1 is 1.42 bits per heavy atom. The third kappa shape index (κ3) is 3.07. The molecule has 1 atom stereocenters. The van der Waals surface area contributed by atoms with Crippen molar-refractivity contribution in [3.63, 3.8) is 0 Å². The number of carbonyl (C=O) groups excluding carboxylic acids is 2. The van der Waals surface area contributed by atoms with Crippen LogP contribution in [-0.2, 0) is 11.2 Å². The number of urea groups is 1. The Balaban J connectivity index is 1.83. The summed E-state index contributed by atoms with van der Waals surface area (Å²) in [5.74, 6) is -0.524. The number of hydrogen-bond acceptors (Lipinski definition) is 7. The van der Waals surface area contributed by atoms with E-state index in [0.29, 0.717) is 23.8 Å². The van der Waals surface area contributed by atoms with E-state index in [1.54, 1.807) is 23.2 Å². The number of carbonyl (C=O) groups is 2. The van der Waals surface area contributed by atoms with Crippen LogP contribution in [-0.4, -0.2) is 51.4 Å². The highest BCUT2D eigenvalue weighted by Crippen LogP contribution is 2.29. The van der Waals surface area contributed by atoms with Crippen LogP contribution in [0.2, 0.25) is 0 Å². The highest BCUT2D eigenvalue weighted by atomic mass is 32.1. The maximum absolute atomic E-state index is 12.6. The van der Waals surface area contributed by atoms with Gasteiger partial charge in [-0.1, -0.05) is 18.3 Å². The summed E-state index contributed by atoms with van der Waals surface area (Å²) in [5, 5.41) is 9.37. The molecule has 1 aliphatic rings. The van der Waals surface area contributed by atoms with Gasteiger partial charge in [-0.15, -0.1) is 10.2 Å². The highest BCUT2D eigenvalue weighted by Gasteiger charge is 2.42. The van der Waals surface area contributed by atoms with Crippen LogP contribution in [0.25, 0.3) is 0 Å². The van der Waals surface area contributed by atoms with Gasteiger partial charge in [0.15, 0.2) is 0 Å². The molecule has 1 fully saturated rings. The van der Waals surface area contributed by atoms with Crippen LogP contribution >= 0.6 is 11.3 Å². The Hall–Kier alpha value is -2.55. The molecule has 0 N–H and O–H groups in total. The second-order valence-electron chi connectivity index (χ2n) is 5.12. The lowest BCUT2D eigenvalue weighted by Crippen LogP contribution is -2.37. The van der Waals surface area contributed by atoms with E-state index in [1.165, 1.54) is 22.4 Å². The van der Waals surface area contributed by atoms with Crippen molar-refractivity contribution in [2.45, 2.75) is 26.5 Å². The van der Waals surface area contributed by atoms with E-state index in [1.807, 2.05) is 13.8 Å². The number of hydrogen-bond donors (Lipinski definition) is 0. The molecule has 2 aromatic heterocycles. The molecule has 1 unspecified atom stereocenters. The zero-order valence-corrected chi connectivity index (χ0v) is 14.2. The molecule has 0 aromatic carbocycles. The summed E-state index contributed by atoms with van der Waals surface area (Å²) in [7, 11) is 0. The molecule has 3 heterocycles. The minimum absolute atomic E-state index is 0.236. The van der Waals surface area contributed by atoms with Crippen molar-refractivity contribution in [3.8, 4) is 0 Å². The topological polar surface area (TPSA) is 88.5 Å². The van der Waals surface area contributed by atoms with Crippen molar-refractivity contribution in [1.82, 2.24) is 20.1 Å². The Bertz CT molecular complexity index is 736. The fourth-order valence-electron chi connectivity index (χ4n) is 2.34. The lowest BCUT2D eigenvalue weighted by Gasteiger charge is -2.19. The average molecular weight is 347 g/mol. The zero-order chi connectivity index (χ0) is 17.1. The molecule has 0 aliphatic carbocycles. The Kier molecular flexibility index (Phi) is 4.70. The fourth-order valence-corrected chi connectivity index (χ4v) is 3.16. The van der Waals surface area contributed by atoms with Crippen molar-refractivity contribution < 1.29 is 14.3 Å². The number of amides is 2. The molecule has 0 radical (unpaired) electrons. The molecular formula is C15H17N5O3S. The summed E-state index contributed by atoms with van der Waals surface area (Å²) in [6, 6.07) is 3.04. The van der Waals surface area contributed by atoms with Crippen LogP contribution in [0.5, 0.6) is 0 Å². The number of ether oxygens (including phenoxy) is 1. The van der Waals surface area contributed by atoms with Crippen molar-refractivity contribution in [2.75, 3.05) is 18.0 Å². The fraction of sp³-hybridized carbons (Fsp3) is 0.400. The molecule has 9 heteroatoms. The van der Waals surface area contributed by atoms with Crippen molar-refractivity contribution in [3.05, 3.63) is 35.1 Å².